The molecule has 0 amide bonds. The van der Waals surface area contributed by atoms with Crippen LogP contribution in [0.3, 0.4) is 0 Å². The summed E-state index contributed by atoms with van der Waals surface area (Å²) in [6, 6.07) is 0. The van der Waals surface area contributed by atoms with Crippen molar-refractivity contribution in [3.05, 3.63) is 0 Å². The van der Waals surface area contributed by atoms with E-state index in [9.17, 15) is 30.6 Å². The van der Waals surface area contributed by atoms with E-state index < -0.39 is 74.6 Å². The summed E-state index contributed by atoms with van der Waals surface area (Å²) >= 11 is 0. The number of hydrogen-bond acceptors (Lipinski definition) is 11. The molecule has 2 heterocycles. The zero-order valence-corrected chi connectivity index (χ0v) is 13.0. The quantitative estimate of drug-likeness (QED) is 0.251. The van der Waals surface area contributed by atoms with Gasteiger partial charge in [0.15, 0.2) is 12.6 Å². The smallest absolute Gasteiger partial charge is 0.187 e. The Balaban J connectivity index is 2.14. The van der Waals surface area contributed by atoms with Crippen molar-refractivity contribution in [1.29, 1.82) is 0 Å². The summed E-state index contributed by atoms with van der Waals surface area (Å²) in [5.41, 5.74) is 0. The molecule has 24 heavy (non-hydrogen) atoms. The third-order valence-electron chi connectivity index (χ3n) is 4.19. The van der Waals surface area contributed by atoms with E-state index in [1.807, 2.05) is 0 Å². The average Bonchev–Trinajstić information content (AvgIpc) is 2.58. The van der Waals surface area contributed by atoms with Crippen LogP contribution in [0.4, 0.5) is 0 Å². The molecule has 7 N–H and O–H groups in total. The van der Waals surface area contributed by atoms with Gasteiger partial charge in [-0.1, -0.05) is 0 Å². The van der Waals surface area contributed by atoms with E-state index in [1.165, 1.54) is 7.11 Å². The van der Waals surface area contributed by atoms with Gasteiger partial charge in [0.25, 0.3) is 0 Å². The SMILES string of the molecule is CO[C@@H]1O[C@@H](CO)[C@H](O)C(O[C@H]2OC(CO)[C@H](O)C(O)[C@@H]2O)C1O. The Labute approximate surface area is 137 Å². The normalized spacial score (nSPS) is 50.0. The van der Waals surface area contributed by atoms with Crippen molar-refractivity contribution < 1.29 is 54.7 Å². The van der Waals surface area contributed by atoms with E-state index in [0.717, 1.165) is 0 Å². The number of ether oxygens (including phenoxy) is 4. The second-order valence-corrected chi connectivity index (χ2v) is 5.74. The number of aliphatic hydroxyl groups excluding tert-OH is 7. The Morgan fingerprint density at radius 2 is 1.25 bits per heavy atom. The summed E-state index contributed by atoms with van der Waals surface area (Å²) in [4.78, 5) is 0. The molecule has 2 aliphatic rings. The number of rotatable bonds is 5. The molecule has 0 aliphatic carbocycles. The highest BCUT2D eigenvalue weighted by Gasteiger charge is 2.50. The Kier molecular flexibility index (Phi) is 6.87. The van der Waals surface area contributed by atoms with Gasteiger partial charge in [-0.05, 0) is 0 Å². The molecule has 2 fully saturated rings. The molecule has 0 saturated carbocycles. The molecule has 11 nitrogen and oxygen atoms in total. The van der Waals surface area contributed by atoms with Gasteiger partial charge in [0.1, 0.15) is 48.8 Å². The maximum Gasteiger partial charge on any atom is 0.187 e. The Hall–Kier alpha value is -0.440. The van der Waals surface area contributed by atoms with Gasteiger partial charge in [-0.25, -0.2) is 0 Å². The summed E-state index contributed by atoms with van der Waals surface area (Å²) < 4.78 is 20.6. The predicted octanol–water partition coefficient (Wildman–Crippen LogP) is -4.74. The average molecular weight is 356 g/mol. The lowest BCUT2D eigenvalue weighted by Gasteiger charge is -2.45. The highest BCUT2D eigenvalue weighted by atomic mass is 16.7. The molecule has 11 heteroatoms. The molecule has 2 aliphatic heterocycles. The first-order valence-corrected chi connectivity index (χ1v) is 7.46. The predicted molar refractivity (Wildman–Crippen MR) is 73.4 cm³/mol. The van der Waals surface area contributed by atoms with Crippen LogP contribution in [0.15, 0.2) is 0 Å². The molecule has 2 rings (SSSR count). The van der Waals surface area contributed by atoms with E-state index >= 15 is 0 Å². The fraction of sp³-hybridized carbons (Fsp3) is 1.00. The van der Waals surface area contributed by atoms with E-state index in [2.05, 4.69) is 0 Å². The standard InChI is InChI=1S/C13H24O11/c1-21-12-10(20)11(7(17)5(3-15)22-12)24-13-9(19)8(18)6(16)4(2-14)23-13/h4-20H,2-3H2,1H3/t4?,5-,6-,7-,8?,9-,10?,11?,12+,13+/m0/s1. The molecule has 0 aromatic rings. The second-order valence-electron chi connectivity index (χ2n) is 5.74. The van der Waals surface area contributed by atoms with Crippen LogP contribution in [-0.2, 0) is 18.9 Å². The molecule has 0 aromatic heterocycles. The van der Waals surface area contributed by atoms with Gasteiger partial charge in [0.05, 0.1) is 13.2 Å². The molecule has 142 valence electrons. The Morgan fingerprint density at radius 3 is 1.79 bits per heavy atom. The number of methoxy groups -OCH3 is 1. The topological polar surface area (TPSA) is 179 Å². The van der Waals surface area contributed by atoms with Crippen LogP contribution < -0.4 is 0 Å². The Morgan fingerprint density at radius 1 is 0.708 bits per heavy atom. The minimum atomic E-state index is -1.70. The molecule has 0 bridgehead atoms. The van der Waals surface area contributed by atoms with Crippen LogP contribution in [0, 0.1) is 0 Å². The van der Waals surface area contributed by atoms with Crippen LogP contribution >= 0.6 is 0 Å². The molecule has 4 unspecified atom stereocenters. The maximum atomic E-state index is 10.2. The maximum absolute atomic E-state index is 10.2. The monoisotopic (exact) mass is 356 g/mol. The van der Waals surface area contributed by atoms with E-state index in [4.69, 9.17) is 24.1 Å². The molecule has 10 atom stereocenters. The van der Waals surface area contributed by atoms with Gasteiger partial charge >= 0.3 is 0 Å². The van der Waals surface area contributed by atoms with Crippen molar-refractivity contribution in [2.45, 2.75) is 61.4 Å². The lowest BCUT2D eigenvalue weighted by Crippen LogP contribution is -2.64. The lowest BCUT2D eigenvalue weighted by atomic mass is 9.97. The fourth-order valence-electron chi connectivity index (χ4n) is 2.74. The van der Waals surface area contributed by atoms with Crippen LogP contribution in [0.2, 0.25) is 0 Å². The van der Waals surface area contributed by atoms with Gasteiger partial charge in [-0.15, -0.1) is 0 Å². The Bertz CT molecular complexity index is 378. The van der Waals surface area contributed by atoms with E-state index in [1.54, 1.807) is 0 Å². The molecule has 0 spiro atoms. The van der Waals surface area contributed by atoms with Crippen LogP contribution in [0.1, 0.15) is 0 Å². The molecular formula is C13H24O11. The highest BCUT2D eigenvalue weighted by Crippen LogP contribution is 2.29. The molecule has 0 radical (unpaired) electrons. The largest absolute Gasteiger partial charge is 0.394 e. The van der Waals surface area contributed by atoms with Crippen LogP contribution in [0.5, 0.6) is 0 Å². The van der Waals surface area contributed by atoms with Gasteiger partial charge in [0.2, 0.25) is 0 Å². The zero-order valence-electron chi connectivity index (χ0n) is 13.0. The van der Waals surface area contributed by atoms with Crippen LogP contribution in [0.25, 0.3) is 0 Å². The number of hydrogen-bond donors (Lipinski definition) is 7. The minimum Gasteiger partial charge on any atom is -0.394 e. The van der Waals surface area contributed by atoms with E-state index in [-0.39, 0.29) is 0 Å². The zero-order chi connectivity index (χ0) is 18.0. The van der Waals surface area contributed by atoms with Gasteiger partial charge in [-0.2, -0.15) is 0 Å². The first kappa shape index (κ1) is 19.9. The van der Waals surface area contributed by atoms with Crippen molar-refractivity contribution in [3.63, 3.8) is 0 Å². The molecular weight excluding hydrogens is 332 g/mol. The first-order chi connectivity index (χ1) is 11.3. The molecule has 2 saturated heterocycles. The summed E-state index contributed by atoms with van der Waals surface area (Å²) in [6.45, 7) is -1.23. The fourth-order valence-corrected chi connectivity index (χ4v) is 2.74. The number of aliphatic hydroxyl groups is 7. The van der Waals surface area contributed by atoms with Crippen molar-refractivity contribution in [1.82, 2.24) is 0 Å². The summed E-state index contributed by atoms with van der Waals surface area (Å²) in [5.74, 6) is 0. The van der Waals surface area contributed by atoms with E-state index in [0.29, 0.717) is 0 Å². The third-order valence-corrected chi connectivity index (χ3v) is 4.19. The van der Waals surface area contributed by atoms with Crippen molar-refractivity contribution in [2.24, 2.45) is 0 Å². The first-order valence-electron chi connectivity index (χ1n) is 7.46. The minimum absolute atomic E-state index is 0.581. The van der Waals surface area contributed by atoms with Gasteiger partial charge in [-0.3, -0.25) is 0 Å². The second kappa shape index (κ2) is 8.29. The van der Waals surface area contributed by atoms with Crippen LogP contribution in [-0.4, -0.2) is 117 Å². The summed E-state index contributed by atoms with van der Waals surface area (Å²) in [5, 5.41) is 68.1. The van der Waals surface area contributed by atoms with Gasteiger partial charge in [0, 0.05) is 7.11 Å². The third kappa shape index (κ3) is 3.71. The van der Waals surface area contributed by atoms with Gasteiger partial charge < -0.3 is 54.7 Å². The van der Waals surface area contributed by atoms with Crippen molar-refractivity contribution >= 4 is 0 Å². The van der Waals surface area contributed by atoms with Crippen molar-refractivity contribution in [2.75, 3.05) is 20.3 Å². The van der Waals surface area contributed by atoms with Crippen molar-refractivity contribution in [3.8, 4) is 0 Å². The molecule has 0 aromatic carbocycles. The highest BCUT2D eigenvalue weighted by molar-refractivity contribution is 4.93. The lowest BCUT2D eigenvalue weighted by molar-refractivity contribution is -0.358. The summed E-state index contributed by atoms with van der Waals surface area (Å²) in [7, 11) is 1.24. The summed E-state index contributed by atoms with van der Waals surface area (Å²) in [6.07, 6.45) is -14.4.